The van der Waals surface area contributed by atoms with Crippen LogP contribution in [0.25, 0.3) is 0 Å². The van der Waals surface area contributed by atoms with Gasteiger partial charge in [-0.15, -0.1) is 11.3 Å². The van der Waals surface area contributed by atoms with E-state index in [1.807, 2.05) is 6.92 Å². The second-order valence-corrected chi connectivity index (χ2v) is 7.52. The molecule has 0 spiro atoms. The van der Waals surface area contributed by atoms with E-state index in [9.17, 15) is 9.59 Å². The van der Waals surface area contributed by atoms with Crippen molar-refractivity contribution in [3.8, 4) is 0 Å². The van der Waals surface area contributed by atoms with Crippen LogP contribution in [0.1, 0.15) is 64.5 Å². The van der Waals surface area contributed by atoms with Gasteiger partial charge in [0.25, 0.3) is 5.91 Å². The lowest BCUT2D eigenvalue weighted by atomic mass is 9.93. The quantitative estimate of drug-likeness (QED) is 0.880. The van der Waals surface area contributed by atoms with Crippen molar-refractivity contribution in [3.05, 3.63) is 39.7 Å². The summed E-state index contributed by atoms with van der Waals surface area (Å²) in [5, 5.41) is 12.4. The molecule has 6 nitrogen and oxygen atoms in total. The second-order valence-electron chi connectivity index (χ2n) is 6.52. The number of anilines is 1. The Labute approximate surface area is 145 Å². The number of hydrogen-bond acceptors (Lipinski definition) is 5. The molecule has 2 aromatic rings. The third-order valence-corrected chi connectivity index (χ3v) is 5.06. The SMILES string of the molecule is CCc1nc(NC(=O)c2cncc(C(=O)O)c2C)sc1C(C)(C)C. The minimum absolute atomic E-state index is 0.0198. The molecule has 0 radical (unpaired) electrons. The van der Waals surface area contributed by atoms with Crippen LogP contribution in [-0.4, -0.2) is 27.0 Å². The van der Waals surface area contributed by atoms with Crippen molar-refractivity contribution in [2.45, 2.75) is 46.5 Å². The van der Waals surface area contributed by atoms with Gasteiger partial charge in [0.05, 0.1) is 16.8 Å². The van der Waals surface area contributed by atoms with Gasteiger partial charge in [-0.1, -0.05) is 27.7 Å². The minimum Gasteiger partial charge on any atom is -0.478 e. The van der Waals surface area contributed by atoms with Gasteiger partial charge in [0.1, 0.15) is 0 Å². The van der Waals surface area contributed by atoms with Crippen LogP contribution in [0.15, 0.2) is 12.4 Å². The molecule has 2 rings (SSSR count). The molecule has 0 aliphatic rings. The molecule has 7 heteroatoms. The molecule has 0 bridgehead atoms. The van der Waals surface area contributed by atoms with Crippen molar-refractivity contribution in [1.82, 2.24) is 9.97 Å². The molecule has 0 unspecified atom stereocenters. The summed E-state index contributed by atoms with van der Waals surface area (Å²) in [6.45, 7) is 9.95. The zero-order valence-electron chi connectivity index (χ0n) is 14.4. The molecule has 128 valence electrons. The summed E-state index contributed by atoms with van der Waals surface area (Å²) in [7, 11) is 0. The standard InChI is InChI=1S/C17H21N3O3S/c1-6-12-13(17(3,4)5)24-16(19-12)20-14(21)10-7-18-8-11(9(10)2)15(22)23/h7-8H,6H2,1-5H3,(H,22,23)(H,19,20,21). The fourth-order valence-electron chi connectivity index (χ4n) is 2.36. The zero-order valence-corrected chi connectivity index (χ0v) is 15.2. The highest BCUT2D eigenvalue weighted by molar-refractivity contribution is 7.16. The predicted octanol–water partition coefficient (Wildman–Crippen LogP) is 3.66. The molecule has 0 saturated heterocycles. The highest BCUT2D eigenvalue weighted by atomic mass is 32.1. The summed E-state index contributed by atoms with van der Waals surface area (Å²) in [4.78, 5) is 33.1. The molecular weight excluding hydrogens is 326 g/mol. The van der Waals surface area contributed by atoms with Gasteiger partial charge in [-0.05, 0) is 24.3 Å². The summed E-state index contributed by atoms with van der Waals surface area (Å²) in [5.41, 5.74) is 1.56. The lowest BCUT2D eigenvalue weighted by molar-refractivity contribution is 0.0695. The van der Waals surface area contributed by atoms with Crippen molar-refractivity contribution in [1.29, 1.82) is 0 Å². The number of nitrogens with zero attached hydrogens (tertiary/aromatic N) is 2. The van der Waals surface area contributed by atoms with E-state index in [4.69, 9.17) is 5.11 Å². The topological polar surface area (TPSA) is 92.2 Å². The number of aryl methyl sites for hydroxylation is 1. The maximum atomic E-state index is 12.5. The Kier molecular flexibility index (Phi) is 5.03. The van der Waals surface area contributed by atoms with Gasteiger partial charge < -0.3 is 5.11 Å². The fourth-order valence-corrected chi connectivity index (χ4v) is 3.47. The normalized spacial score (nSPS) is 11.4. The Morgan fingerprint density at radius 3 is 2.38 bits per heavy atom. The zero-order chi connectivity index (χ0) is 18.1. The van der Waals surface area contributed by atoms with Crippen LogP contribution in [0.5, 0.6) is 0 Å². The number of pyridine rings is 1. The molecule has 2 aromatic heterocycles. The number of nitrogens with one attached hydrogen (secondary N) is 1. The molecule has 0 saturated carbocycles. The predicted molar refractivity (Wildman–Crippen MR) is 94.1 cm³/mol. The number of hydrogen-bond donors (Lipinski definition) is 2. The van der Waals surface area contributed by atoms with Gasteiger partial charge in [-0.2, -0.15) is 0 Å². The Hall–Kier alpha value is -2.28. The monoisotopic (exact) mass is 347 g/mol. The van der Waals surface area contributed by atoms with Crippen molar-refractivity contribution in [3.63, 3.8) is 0 Å². The Balaban J connectivity index is 2.33. The maximum absolute atomic E-state index is 12.5. The lowest BCUT2D eigenvalue weighted by Gasteiger charge is -2.17. The van der Waals surface area contributed by atoms with Crippen LogP contribution >= 0.6 is 11.3 Å². The number of thiazole rings is 1. The second kappa shape index (κ2) is 6.68. The van der Waals surface area contributed by atoms with Crippen LogP contribution in [-0.2, 0) is 11.8 Å². The third-order valence-electron chi connectivity index (χ3n) is 3.62. The Morgan fingerprint density at radius 1 is 1.25 bits per heavy atom. The summed E-state index contributed by atoms with van der Waals surface area (Å²) in [6.07, 6.45) is 3.40. The van der Waals surface area contributed by atoms with Crippen molar-refractivity contribution in [2.75, 3.05) is 5.32 Å². The summed E-state index contributed by atoms with van der Waals surface area (Å²) >= 11 is 1.45. The van der Waals surface area contributed by atoms with Gasteiger partial charge >= 0.3 is 5.97 Å². The van der Waals surface area contributed by atoms with E-state index < -0.39 is 11.9 Å². The Morgan fingerprint density at radius 2 is 1.88 bits per heavy atom. The molecule has 2 N–H and O–H groups in total. The van der Waals surface area contributed by atoms with E-state index in [0.717, 1.165) is 17.0 Å². The molecule has 0 aliphatic heterocycles. The highest BCUT2D eigenvalue weighted by Gasteiger charge is 2.23. The van der Waals surface area contributed by atoms with Gasteiger partial charge in [0.2, 0.25) is 0 Å². The lowest BCUT2D eigenvalue weighted by Crippen LogP contribution is -2.16. The molecule has 2 heterocycles. The summed E-state index contributed by atoms with van der Waals surface area (Å²) < 4.78 is 0. The van der Waals surface area contributed by atoms with E-state index in [2.05, 4.69) is 36.1 Å². The van der Waals surface area contributed by atoms with Crippen molar-refractivity contribution in [2.24, 2.45) is 0 Å². The molecular formula is C17H21N3O3S. The number of carboxylic acids is 1. The van der Waals surface area contributed by atoms with E-state index in [1.54, 1.807) is 6.92 Å². The number of aromatic nitrogens is 2. The number of amides is 1. The van der Waals surface area contributed by atoms with E-state index >= 15 is 0 Å². The van der Waals surface area contributed by atoms with Crippen molar-refractivity contribution >= 4 is 28.3 Å². The first kappa shape index (κ1) is 18.1. The largest absolute Gasteiger partial charge is 0.478 e. The first-order chi connectivity index (χ1) is 11.1. The number of carbonyl (C=O) groups excluding carboxylic acids is 1. The van der Waals surface area contributed by atoms with Crippen LogP contribution in [0.3, 0.4) is 0 Å². The highest BCUT2D eigenvalue weighted by Crippen LogP contribution is 2.34. The van der Waals surface area contributed by atoms with E-state index in [0.29, 0.717) is 10.7 Å². The van der Waals surface area contributed by atoms with E-state index in [1.165, 1.54) is 23.7 Å². The number of rotatable bonds is 4. The average molecular weight is 347 g/mol. The molecule has 0 fully saturated rings. The third kappa shape index (κ3) is 3.62. The number of carboxylic acid groups (broad SMARTS) is 1. The van der Waals surface area contributed by atoms with Gasteiger partial charge in [0.15, 0.2) is 5.13 Å². The molecule has 1 amide bonds. The van der Waals surface area contributed by atoms with Crippen LogP contribution in [0, 0.1) is 6.92 Å². The van der Waals surface area contributed by atoms with Crippen LogP contribution < -0.4 is 5.32 Å². The average Bonchev–Trinajstić information content (AvgIpc) is 2.90. The Bertz CT molecular complexity index is 791. The molecule has 24 heavy (non-hydrogen) atoms. The first-order valence-electron chi connectivity index (χ1n) is 7.64. The van der Waals surface area contributed by atoms with Crippen LogP contribution in [0.2, 0.25) is 0 Å². The molecule has 0 atom stereocenters. The van der Waals surface area contributed by atoms with Gasteiger partial charge in [-0.25, -0.2) is 9.78 Å². The summed E-state index contributed by atoms with van der Waals surface area (Å²) in [6, 6.07) is 0. The smallest absolute Gasteiger partial charge is 0.337 e. The summed E-state index contributed by atoms with van der Waals surface area (Å²) in [5.74, 6) is -1.51. The molecule has 0 aromatic carbocycles. The molecule has 0 aliphatic carbocycles. The van der Waals surface area contributed by atoms with Crippen LogP contribution in [0.4, 0.5) is 5.13 Å². The number of carbonyl (C=O) groups is 2. The van der Waals surface area contributed by atoms with E-state index in [-0.39, 0.29) is 16.5 Å². The van der Waals surface area contributed by atoms with Gasteiger partial charge in [0, 0.05) is 17.3 Å². The van der Waals surface area contributed by atoms with Crippen molar-refractivity contribution < 1.29 is 14.7 Å². The first-order valence-corrected chi connectivity index (χ1v) is 8.46. The van der Waals surface area contributed by atoms with Gasteiger partial charge in [-0.3, -0.25) is 15.1 Å². The minimum atomic E-state index is -1.10. The fraction of sp³-hybridized carbons (Fsp3) is 0.412. The maximum Gasteiger partial charge on any atom is 0.337 e. The number of aromatic carboxylic acids is 1.